The van der Waals surface area contributed by atoms with Crippen LogP contribution in [0.3, 0.4) is 0 Å². The number of carboxylic acid groups (broad SMARTS) is 1. The summed E-state index contributed by atoms with van der Waals surface area (Å²) >= 11 is 0. The number of carbonyl (C=O) groups is 1. The summed E-state index contributed by atoms with van der Waals surface area (Å²) in [4.78, 5) is 9.00. The van der Waals surface area contributed by atoms with Crippen molar-refractivity contribution in [3.05, 3.63) is 0 Å². The molecule has 0 aliphatic rings. The van der Waals surface area contributed by atoms with Crippen molar-refractivity contribution < 1.29 is 91.5 Å². The van der Waals surface area contributed by atoms with Crippen molar-refractivity contribution in [3.8, 4) is 0 Å². The van der Waals surface area contributed by atoms with Crippen LogP contribution in [0.5, 0.6) is 0 Å². The van der Waals surface area contributed by atoms with Gasteiger partial charge in [-0.05, 0) is 0 Å². The van der Waals surface area contributed by atoms with Crippen LogP contribution >= 0.6 is 0 Å². The van der Waals surface area contributed by atoms with Gasteiger partial charge in [-0.1, -0.05) is 0 Å². The fraction of sp³-hybridized carbons (Fsp3) is 0.500. The topological polar surface area (TPSA) is 37.3 Å². The van der Waals surface area contributed by atoms with Crippen molar-refractivity contribution in [2.45, 2.75) is 6.92 Å². The first kappa shape index (κ1) is 22.9. The summed E-state index contributed by atoms with van der Waals surface area (Å²) in [5.74, 6) is -0.833. The summed E-state index contributed by atoms with van der Waals surface area (Å²) in [5.41, 5.74) is 0. The van der Waals surface area contributed by atoms with Gasteiger partial charge in [-0.15, -0.1) is 0 Å². The molecule has 0 saturated heterocycles. The predicted octanol–water partition coefficient (Wildman–Crippen LogP) is -2.80. The van der Waals surface area contributed by atoms with Gasteiger partial charge in [0.1, 0.15) is 0 Å². The third-order valence-electron chi connectivity index (χ3n) is 0. The Bertz CT molecular complexity index is 43.0. The molecule has 0 heterocycles. The van der Waals surface area contributed by atoms with E-state index >= 15 is 0 Å². The predicted molar refractivity (Wildman–Crippen MR) is 14.4 cm³/mol. The van der Waals surface area contributed by atoms with Gasteiger partial charge < -0.3 is 6.53 Å². The minimum Gasteiger partial charge on any atom is -1.00 e. The molecule has 5 heteroatoms. The largest absolute Gasteiger partial charge is 1.00 e. The van der Waals surface area contributed by atoms with Crippen LogP contribution in [0.1, 0.15) is 8.35 Å². The summed E-state index contributed by atoms with van der Waals surface area (Å²) in [5, 5.41) is 7.42. The molecule has 0 bridgehead atoms. The van der Waals surface area contributed by atoms with Crippen LogP contribution in [0.15, 0.2) is 0 Å². The van der Waals surface area contributed by atoms with E-state index in [1.165, 1.54) is 0 Å². The Labute approximate surface area is 103 Å². The van der Waals surface area contributed by atoms with Crippen molar-refractivity contribution in [2.75, 3.05) is 0 Å². The first-order valence-corrected chi connectivity index (χ1v) is 0.928. The molecule has 0 atom stereocenters. The maximum atomic E-state index is 9.00. The average Bonchev–Trinajstić information content (AvgIpc) is 0.811. The summed E-state index contributed by atoms with van der Waals surface area (Å²) in [6, 6.07) is 0. The maximum absolute atomic E-state index is 9.00. The van der Waals surface area contributed by atoms with Crippen LogP contribution in [0.4, 0.5) is 0 Å². The minimum atomic E-state index is -0.833. The molecule has 0 saturated carbocycles. The van der Waals surface area contributed by atoms with Gasteiger partial charge in [0.2, 0.25) is 0 Å². The van der Waals surface area contributed by atoms with E-state index < -0.39 is 5.97 Å². The molecule has 0 aromatic heterocycles. The smallest absolute Gasteiger partial charge is 1.00 e. The molecule has 0 fully saturated rings. The number of hydrogen-bond donors (Lipinski definition) is 1. The van der Waals surface area contributed by atoms with Crippen molar-refractivity contribution in [1.29, 1.82) is 0 Å². The minimum absolute atomic E-state index is 0. The second kappa shape index (κ2) is 15.7. The maximum Gasteiger partial charge on any atom is 1.00 e. The van der Waals surface area contributed by atoms with Crippen molar-refractivity contribution in [3.63, 3.8) is 0 Å². The van der Waals surface area contributed by atoms with Gasteiger partial charge in [-0.2, -0.15) is 0 Å². The second-order valence-corrected chi connectivity index (χ2v) is 0.519. The van der Waals surface area contributed by atoms with E-state index in [1.54, 1.807) is 0 Å². The Morgan fingerprint density at radius 2 is 1.71 bits per heavy atom. The van der Waals surface area contributed by atoms with Crippen LogP contribution < -0.4 is 29.6 Å². The molecule has 0 aliphatic heterocycles. The van der Waals surface area contributed by atoms with Crippen molar-refractivity contribution in [2.24, 2.45) is 0 Å². The first-order valence-electron chi connectivity index (χ1n) is 0.928. The van der Waals surface area contributed by atoms with Gasteiger partial charge in [0.15, 0.2) is 0 Å². The van der Waals surface area contributed by atoms with Gasteiger partial charge in [0, 0.05) is 57.5 Å². The molecule has 0 aliphatic carbocycles. The van der Waals surface area contributed by atoms with Gasteiger partial charge >= 0.3 is 29.6 Å². The molecular formula is C2H5NaO2UZn. The van der Waals surface area contributed by atoms with Gasteiger partial charge in [0.05, 0.1) is 0 Å². The van der Waals surface area contributed by atoms with E-state index in [9.17, 15) is 0 Å². The van der Waals surface area contributed by atoms with Crippen LogP contribution in [0.25, 0.3) is 0 Å². The molecule has 0 unspecified atom stereocenters. The van der Waals surface area contributed by atoms with Gasteiger partial charge in [0.25, 0.3) is 5.97 Å². The molecule has 2 nitrogen and oxygen atoms in total. The molecular weight excluding hydrogens is 382 g/mol. The van der Waals surface area contributed by atoms with Crippen molar-refractivity contribution in [1.82, 2.24) is 0 Å². The SMILES string of the molecule is CC(=O)O.[H-].[Na+].[U].[Zn]. The normalized spacial score (nSPS) is 3.57. The van der Waals surface area contributed by atoms with Crippen LogP contribution in [0, 0.1) is 31.1 Å². The Hall–Kier alpha value is 2.15. The van der Waals surface area contributed by atoms with E-state index in [-0.39, 0.29) is 81.6 Å². The Balaban J connectivity index is -0.00000000750. The number of hydrogen-bond acceptors (Lipinski definition) is 1. The summed E-state index contributed by atoms with van der Waals surface area (Å²) in [6.45, 7) is 1.08. The molecule has 32 valence electrons. The number of carboxylic acids is 1. The Morgan fingerprint density at radius 3 is 1.71 bits per heavy atom. The van der Waals surface area contributed by atoms with Crippen molar-refractivity contribution >= 4 is 5.97 Å². The van der Waals surface area contributed by atoms with Crippen LogP contribution in [-0.2, 0) is 24.3 Å². The molecule has 7 heavy (non-hydrogen) atoms. The van der Waals surface area contributed by atoms with E-state index in [2.05, 4.69) is 0 Å². The Kier molecular flexibility index (Phi) is 51.4. The van der Waals surface area contributed by atoms with E-state index in [0.29, 0.717) is 0 Å². The second-order valence-electron chi connectivity index (χ2n) is 0.519. The zero-order valence-corrected chi connectivity index (χ0v) is 13.7. The number of aliphatic carboxylic acids is 1. The fourth-order valence-corrected chi connectivity index (χ4v) is 0. The number of rotatable bonds is 0. The summed E-state index contributed by atoms with van der Waals surface area (Å²) < 4.78 is 0. The zero-order chi connectivity index (χ0) is 3.58. The molecule has 0 aromatic carbocycles. The van der Waals surface area contributed by atoms with E-state index in [1.807, 2.05) is 0 Å². The zero-order valence-electron chi connectivity index (χ0n) is 5.56. The first-order chi connectivity index (χ1) is 1.73. The molecule has 1 N–H and O–H groups in total. The Morgan fingerprint density at radius 1 is 1.71 bits per heavy atom. The van der Waals surface area contributed by atoms with E-state index in [4.69, 9.17) is 9.90 Å². The quantitative estimate of drug-likeness (QED) is 0.456. The fourth-order valence-electron chi connectivity index (χ4n) is 0. The van der Waals surface area contributed by atoms with E-state index in [0.717, 1.165) is 6.92 Å². The monoisotopic (exact) mass is 386 g/mol. The third-order valence-corrected chi connectivity index (χ3v) is 0. The summed E-state index contributed by atoms with van der Waals surface area (Å²) in [7, 11) is 0. The average molecular weight is 387 g/mol. The standard InChI is InChI=1S/C2H4O2.Na.U.Zn.H/c1-2(3)4;;;;/h1H3,(H,3,4);;;;/q;+1;;;-1. The van der Waals surface area contributed by atoms with Crippen LogP contribution in [0.2, 0.25) is 0 Å². The van der Waals surface area contributed by atoms with Gasteiger partial charge in [-0.3, -0.25) is 4.79 Å². The van der Waals surface area contributed by atoms with Crippen LogP contribution in [-0.4, -0.2) is 11.1 Å². The molecule has 0 amide bonds. The molecule has 0 radical (unpaired) electrons. The molecule has 0 aromatic rings. The third kappa shape index (κ3) is 66.8. The molecule has 0 spiro atoms. The van der Waals surface area contributed by atoms with Gasteiger partial charge in [-0.25, -0.2) is 0 Å². The summed E-state index contributed by atoms with van der Waals surface area (Å²) in [6.07, 6.45) is 0. The molecule has 0 rings (SSSR count).